The summed E-state index contributed by atoms with van der Waals surface area (Å²) in [4.78, 5) is 0. The molecule has 100 valence electrons. The molecule has 2 N–H and O–H groups in total. The molecular weight excluding hydrogens is 212 g/mol. The van der Waals surface area contributed by atoms with Gasteiger partial charge in [0.2, 0.25) is 0 Å². The van der Waals surface area contributed by atoms with Gasteiger partial charge in [0.05, 0.1) is 6.10 Å². The molecule has 17 heavy (non-hydrogen) atoms. The van der Waals surface area contributed by atoms with Crippen LogP contribution in [0.5, 0.6) is 0 Å². The minimum atomic E-state index is 0.483. The van der Waals surface area contributed by atoms with E-state index in [0.29, 0.717) is 17.6 Å². The zero-order valence-electron chi connectivity index (χ0n) is 11.6. The molecule has 0 aromatic heterocycles. The second-order valence-electron chi connectivity index (χ2n) is 6.07. The fraction of sp³-hybridized carbons (Fsp3) is 1.00. The summed E-state index contributed by atoms with van der Waals surface area (Å²) in [5.41, 5.74) is 0.483. The van der Waals surface area contributed by atoms with Crippen molar-refractivity contribution in [2.75, 3.05) is 26.2 Å². The molecule has 3 heteroatoms. The third-order valence-corrected chi connectivity index (χ3v) is 4.74. The van der Waals surface area contributed by atoms with Crippen LogP contribution in [0.25, 0.3) is 0 Å². The van der Waals surface area contributed by atoms with E-state index in [2.05, 4.69) is 31.4 Å². The molecular formula is C14H28N2O. The SMILES string of the molecule is CCOC1CC(NCC2(C(C)C)CCNC2)C1. The van der Waals surface area contributed by atoms with Crippen LogP contribution in [0.2, 0.25) is 0 Å². The Morgan fingerprint density at radius 1 is 1.41 bits per heavy atom. The first kappa shape index (κ1) is 13.3. The Balaban J connectivity index is 1.71. The van der Waals surface area contributed by atoms with Gasteiger partial charge in [-0.3, -0.25) is 0 Å². The molecule has 1 unspecified atom stereocenters. The van der Waals surface area contributed by atoms with Crippen LogP contribution < -0.4 is 10.6 Å². The highest BCUT2D eigenvalue weighted by Crippen LogP contribution is 2.34. The van der Waals surface area contributed by atoms with E-state index in [9.17, 15) is 0 Å². The number of nitrogens with one attached hydrogen (secondary N) is 2. The summed E-state index contributed by atoms with van der Waals surface area (Å²) in [6.07, 6.45) is 4.25. The largest absolute Gasteiger partial charge is 0.378 e. The molecule has 2 fully saturated rings. The monoisotopic (exact) mass is 240 g/mol. The van der Waals surface area contributed by atoms with Crippen molar-refractivity contribution >= 4 is 0 Å². The Labute approximate surface area is 106 Å². The number of hydrogen-bond acceptors (Lipinski definition) is 3. The molecule has 1 heterocycles. The molecule has 1 atom stereocenters. The summed E-state index contributed by atoms with van der Waals surface area (Å²) in [6, 6.07) is 0.697. The quantitative estimate of drug-likeness (QED) is 0.742. The fourth-order valence-electron chi connectivity index (χ4n) is 3.06. The predicted molar refractivity (Wildman–Crippen MR) is 71.2 cm³/mol. The maximum absolute atomic E-state index is 5.60. The Morgan fingerprint density at radius 3 is 2.71 bits per heavy atom. The van der Waals surface area contributed by atoms with Gasteiger partial charge >= 0.3 is 0 Å². The first-order chi connectivity index (χ1) is 8.16. The minimum Gasteiger partial charge on any atom is -0.378 e. The zero-order valence-corrected chi connectivity index (χ0v) is 11.6. The Hall–Kier alpha value is -0.120. The van der Waals surface area contributed by atoms with Gasteiger partial charge in [0, 0.05) is 25.7 Å². The molecule has 0 aromatic rings. The average Bonchev–Trinajstić information content (AvgIpc) is 2.71. The van der Waals surface area contributed by atoms with Gasteiger partial charge < -0.3 is 15.4 Å². The van der Waals surface area contributed by atoms with E-state index in [1.165, 1.54) is 38.9 Å². The number of hydrogen-bond donors (Lipinski definition) is 2. The van der Waals surface area contributed by atoms with Gasteiger partial charge in [-0.25, -0.2) is 0 Å². The van der Waals surface area contributed by atoms with Gasteiger partial charge in [0.1, 0.15) is 0 Å². The topological polar surface area (TPSA) is 33.3 Å². The van der Waals surface area contributed by atoms with Crippen LogP contribution in [-0.4, -0.2) is 38.4 Å². The third kappa shape index (κ3) is 3.01. The molecule has 0 amide bonds. The van der Waals surface area contributed by atoms with Crippen molar-refractivity contribution in [3.63, 3.8) is 0 Å². The van der Waals surface area contributed by atoms with E-state index in [4.69, 9.17) is 4.74 Å². The summed E-state index contributed by atoms with van der Waals surface area (Å²) >= 11 is 0. The standard InChI is InChI=1S/C14H28N2O/c1-4-17-13-7-12(8-13)16-10-14(11(2)3)5-6-15-9-14/h11-13,15-16H,4-10H2,1-3H3. The van der Waals surface area contributed by atoms with Crippen LogP contribution in [0.1, 0.15) is 40.0 Å². The second-order valence-corrected chi connectivity index (χ2v) is 6.07. The summed E-state index contributed by atoms with van der Waals surface area (Å²) in [6.45, 7) is 11.2. The zero-order chi connectivity index (χ0) is 12.3. The van der Waals surface area contributed by atoms with Crippen molar-refractivity contribution in [2.24, 2.45) is 11.3 Å². The maximum Gasteiger partial charge on any atom is 0.0604 e. The van der Waals surface area contributed by atoms with Gasteiger partial charge in [-0.1, -0.05) is 13.8 Å². The highest BCUT2D eigenvalue weighted by Gasteiger charge is 2.38. The molecule has 0 radical (unpaired) electrons. The van der Waals surface area contributed by atoms with E-state index in [-0.39, 0.29) is 0 Å². The molecule has 3 nitrogen and oxygen atoms in total. The van der Waals surface area contributed by atoms with E-state index in [1.807, 2.05) is 0 Å². The van der Waals surface area contributed by atoms with Crippen LogP contribution in [0.3, 0.4) is 0 Å². The van der Waals surface area contributed by atoms with E-state index in [1.54, 1.807) is 0 Å². The predicted octanol–water partition coefficient (Wildman–Crippen LogP) is 1.78. The van der Waals surface area contributed by atoms with Gasteiger partial charge in [0.25, 0.3) is 0 Å². The lowest BCUT2D eigenvalue weighted by Crippen LogP contribution is -2.50. The first-order valence-corrected chi connectivity index (χ1v) is 7.22. The van der Waals surface area contributed by atoms with Crippen LogP contribution >= 0.6 is 0 Å². The third-order valence-electron chi connectivity index (χ3n) is 4.74. The Kier molecular flexibility index (Phi) is 4.45. The van der Waals surface area contributed by atoms with E-state index in [0.717, 1.165) is 12.5 Å². The molecule has 2 rings (SSSR count). The Bertz CT molecular complexity index is 230. The second kappa shape index (κ2) is 5.68. The molecule has 1 aliphatic heterocycles. The maximum atomic E-state index is 5.60. The number of rotatable bonds is 6. The lowest BCUT2D eigenvalue weighted by Gasteiger charge is -2.40. The van der Waals surface area contributed by atoms with Crippen LogP contribution in [0, 0.1) is 11.3 Å². The highest BCUT2D eigenvalue weighted by atomic mass is 16.5. The van der Waals surface area contributed by atoms with Gasteiger partial charge in [-0.15, -0.1) is 0 Å². The molecule has 2 aliphatic rings. The molecule has 0 spiro atoms. The minimum absolute atomic E-state index is 0.483. The molecule has 1 saturated carbocycles. The highest BCUT2D eigenvalue weighted by molar-refractivity contribution is 4.95. The fourth-order valence-corrected chi connectivity index (χ4v) is 3.06. The van der Waals surface area contributed by atoms with Crippen LogP contribution in [0.15, 0.2) is 0 Å². The normalized spacial score (nSPS) is 37.4. The van der Waals surface area contributed by atoms with Gasteiger partial charge in [-0.05, 0) is 44.1 Å². The molecule has 1 aliphatic carbocycles. The van der Waals surface area contributed by atoms with Crippen molar-refractivity contribution < 1.29 is 4.74 Å². The summed E-state index contributed by atoms with van der Waals surface area (Å²) < 4.78 is 5.60. The Morgan fingerprint density at radius 2 is 2.18 bits per heavy atom. The van der Waals surface area contributed by atoms with Crippen LogP contribution in [-0.2, 0) is 4.74 Å². The molecule has 1 saturated heterocycles. The van der Waals surface area contributed by atoms with Crippen molar-refractivity contribution in [3.05, 3.63) is 0 Å². The lowest BCUT2D eigenvalue weighted by atomic mass is 9.75. The van der Waals surface area contributed by atoms with E-state index >= 15 is 0 Å². The van der Waals surface area contributed by atoms with Gasteiger partial charge in [-0.2, -0.15) is 0 Å². The average molecular weight is 240 g/mol. The van der Waals surface area contributed by atoms with Crippen molar-refractivity contribution in [3.8, 4) is 0 Å². The molecule has 0 aromatic carbocycles. The van der Waals surface area contributed by atoms with Crippen LogP contribution in [0.4, 0.5) is 0 Å². The number of ether oxygens (including phenoxy) is 1. The summed E-state index contributed by atoms with van der Waals surface area (Å²) in [5, 5.41) is 7.27. The van der Waals surface area contributed by atoms with Crippen molar-refractivity contribution in [1.29, 1.82) is 0 Å². The molecule has 0 bridgehead atoms. The van der Waals surface area contributed by atoms with E-state index < -0.39 is 0 Å². The van der Waals surface area contributed by atoms with Crippen molar-refractivity contribution in [2.45, 2.75) is 52.2 Å². The van der Waals surface area contributed by atoms with Gasteiger partial charge in [0.15, 0.2) is 0 Å². The summed E-state index contributed by atoms with van der Waals surface area (Å²) in [7, 11) is 0. The smallest absolute Gasteiger partial charge is 0.0604 e. The first-order valence-electron chi connectivity index (χ1n) is 7.22. The summed E-state index contributed by atoms with van der Waals surface area (Å²) in [5.74, 6) is 0.757. The lowest BCUT2D eigenvalue weighted by molar-refractivity contribution is -0.0129. The van der Waals surface area contributed by atoms with Crippen molar-refractivity contribution in [1.82, 2.24) is 10.6 Å².